The van der Waals surface area contributed by atoms with Crippen LogP contribution in [0.3, 0.4) is 0 Å². The molecule has 43 heavy (non-hydrogen) atoms. The van der Waals surface area contributed by atoms with Gasteiger partial charge in [-0.2, -0.15) is 4.72 Å². The number of piperazine rings is 1. The maximum Gasteiger partial charge on any atom is 0.252 e. The van der Waals surface area contributed by atoms with E-state index in [1.807, 2.05) is 59.2 Å². The van der Waals surface area contributed by atoms with E-state index in [4.69, 9.17) is 0 Å². The van der Waals surface area contributed by atoms with Crippen LogP contribution < -0.4 is 9.62 Å². The molecule has 6 rings (SSSR count). The molecule has 8 nitrogen and oxygen atoms in total. The van der Waals surface area contributed by atoms with Crippen molar-refractivity contribution in [1.82, 2.24) is 24.2 Å². The number of nitrogens with zero attached hydrogens (tertiary/aromatic N) is 5. The topological polar surface area (TPSA) is 83.4 Å². The number of hydrogen-bond donors (Lipinski definition) is 1. The fourth-order valence-corrected chi connectivity index (χ4v) is 7.68. The Kier molecular flexibility index (Phi) is 8.66. The molecule has 0 spiro atoms. The van der Waals surface area contributed by atoms with E-state index in [1.165, 1.54) is 29.7 Å². The van der Waals surface area contributed by atoms with Crippen LogP contribution >= 0.6 is 11.3 Å². The number of rotatable bonds is 10. The van der Waals surface area contributed by atoms with Crippen LogP contribution in [0.1, 0.15) is 22.7 Å². The molecule has 3 heterocycles. The maximum absolute atomic E-state index is 13.9. The monoisotopic (exact) mass is 616 g/mol. The van der Waals surface area contributed by atoms with Gasteiger partial charge in [-0.05, 0) is 42.3 Å². The van der Waals surface area contributed by atoms with Crippen molar-refractivity contribution in [1.29, 1.82) is 0 Å². The van der Waals surface area contributed by atoms with Crippen molar-refractivity contribution < 1.29 is 12.8 Å². The Morgan fingerprint density at radius 2 is 1.65 bits per heavy atom. The Labute approximate surface area is 255 Å². The summed E-state index contributed by atoms with van der Waals surface area (Å²) in [4.78, 5) is 13.3. The van der Waals surface area contributed by atoms with Crippen molar-refractivity contribution in [2.75, 3.05) is 38.1 Å². The molecule has 0 amide bonds. The van der Waals surface area contributed by atoms with Gasteiger partial charge in [-0.15, -0.1) is 0 Å². The fraction of sp³-hybridized carbons (Fsp3) is 0.250. The molecule has 3 aromatic carbocycles. The molecule has 1 N–H and O–H groups in total. The summed E-state index contributed by atoms with van der Waals surface area (Å²) in [5, 5.41) is 0.718. The van der Waals surface area contributed by atoms with Crippen LogP contribution in [0.2, 0.25) is 0 Å². The Bertz CT molecular complexity index is 1760. The van der Waals surface area contributed by atoms with Gasteiger partial charge >= 0.3 is 0 Å². The highest BCUT2D eigenvalue weighted by molar-refractivity contribution is 7.91. The number of imidazole rings is 1. The number of benzene rings is 3. The highest BCUT2D eigenvalue weighted by Crippen LogP contribution is 2.34. The SMILES string of the molecule is CN1CCN(c2ncc(S(=O)(=O)NC(c3ccccc3)c3ccccc3-c3cncn3CCc3ccc(F)cc3)s2)CC1. The van der Waals surface area contributed by atoms with E-state index in [9.17, 15) is 12.8 Å². The number of anilines is 1. The molecule has 1 fully saturated rings. The normalized spacial score (nSPS) is 15.1. The molecular formula is C32H33FN6O2S2. The maximum atomic E-state index is 13.9. The minimum Gasteiger partial charge on any atom is -0.345 e. The lowest BCUT2D eigenvalue weighted by Crippen LogP contribution is -2.44. The van der Waals surface area contributed by atoms with E-state index in [0.29, 0.717) is 13.0 Å². The number of aryl methyl sites for hydroxylation is 2. The number of hydrogen-bond acceptors (Lipinski definition) is 7. The van der Waals surface area contributed by atoms with Gasteiger partial charge in [0.1, 0.15) is 5.82 Å². The van der Waals surface area contributed by atoms with Crippen molar-refractivity contribution in [2.24, 2.45) is 0 Å². The summed E-state index contributed by atoms with van der Waals surface area (Å²) in [5.74, 6) is -0.260. The van der Waals surface area contributed by atoms with Gasteiger partial charge in [0.15, 0.2) is 9.34 Å². The second kappa shape index (κ2) is 12.8. The summed E-state index contributed by atoms with van der Waals surface area (Å²) in [5.41, 5.74) is 4.39. The molecule has 0 bridgehead atoms. The van der Waals surface area contributed by atoms with E-state index in [-0.39, 0.29) is 10.0 Å². The Hall–Kier alpha value is -3.90. The van der Waals surface area contributed by atoms with Crippen LogP contribution in [-0.2, 0) is 23.0 Å². The number of sulfonamides is 1. The summed E-state index contributed by atoms with van der Waals surface area (Å²) < 4.78 is 46.4. The van der Waals surface area contributed by atoms with Gasteiger partial charge < -0.3 is 14.4 Å². The summed E-state index contributed by atoms with van der Waals surface area (Å²) in [6, 6.07) is 23.2. The molecule has 2 aromatic heterocycles. The number of nitrogens with one attached hydrogen (secondary N) is 1. The summed E-state index contributed by atoms with van der Waals surface area (Å²) >= 11 is 1.20. The first-order valence-electron chi connectivity index (χ1n) is 14.2. The standard InChI is InChI=1S/C32H33FN6O2S2/c1-37-17-19-38(20-18-37)32-35-22-30(42-32)43(40,41)36-31(25-7-3-2-4-8-25)28-10-6-5-9-27(28)29-21-34-23-39(29)16-15-24-11-13-26(33)14-12-24/h2-14,21-23,31,36H,15-20H2,1H3. The largest absolute Gasteiger partial charge is 0.345 e. The Morgan fingerprint density at radius 3 is 2.42 bits per heavy atom. The first kappa shape index (κ1) is 29.2. The van der Waals surface area contributed by atoms with Gasteiger partial charge in [0.2, 0.25) is 0 Å². The molecule has 0 aliphatic carbocycles. The Morgan fingerprint density at radius 1 is 0.930 bits per heavy atom. The van der Waals surface area contributed by atoms with Crippen molar-refractivity contribution in [3.63, 3.8) is 0 Å². The predicted octanol–water partition coefficient (Wildman–Crippen LogP) is 5.21. The number of thiazole rings is 1. The number of aromatic nitrogens is 3. The fourth-order valence-electron chi connectivity index (χ4n) is 5.29. The molecule has 222 valence electrons. The second-order valence-electron chi connectivity index (χ2n) is 10.7. The molecule has 0 saturated carbocycles. The van der Waals surface area contributed by atoms with Gasteiger partial charge in [-0.1, -0.05) is 78.1 Å². The lowest BCUT2D eigenvalue weighted by Gasteiger charge is -2.32. The third-order valence-corrected chi connectivity index (χ3v) is 10.7. The third-order valence-electron chi connectivity index (χ3n) is 7.73. The van der Waals surface area contributed by atoms with Crippen LogP contribution in [0.25, 0.3) is 11.3 Å². The molecule has 5 aromatic rings. The predicted molar refractivity (Wildman–Crippen MR) is 168 cm³/mol. The van der Waals surface area contributed by atoms with E-state index in [1.54, 1.807) is 24.7 Å². The van der Waals surface area contributed by atoms with Gasteiger partial charge in [-0.3, -0.25) is 0 Å². The average molecular weight is 617 g/mol. The average Bonchev–Trinajstić information content (AvgIpc) is 3.72. The first-order valence-corrected chi connectivity index (χ1v) is 16.5. The van der Waals surface area contributed by atoms with E-state index < -0.39 is 16.1 Å². The van der Waals surface area contributed by atoms with Gasteiger partial charge in [0.05, 0.1) is 30.5 Å². The van der Waals surface area contributed by atoms with E-state index in [2.05, 4.69) is 31.5 Å². The Balaban J connectivity index is 1.31. The van der Waals surface area contributed by atoms with Crippen LogP contribution in [0.15, 0.2) is 102 Å². The first-order chi connectivity index (χ1) is 20.9. The molecule has 0 radical (unpaired) electrons. The smallest absolute Gasteiger partial charge is 0.252 e. The van der Waals surface area contributed by atoms with Crippen molar-refractivity contribution >= 4 is 26.5 Å². The van der Waals surface area contributed by atoms with Crippen molar-refractivity contribution in [3.8, 4) is 11.3 Å². The molecule has 1 aliphatic heterocycles. The molecule has 11 heteroatoms. The van der Waals surface area contributed by atoms with Gasteiger partial charge in [0, 0.05) is 38.3 Å². The van der Waals surface area contributed by atoms with Gasteiger partial charge in [-0.25, -0.2) is 22.8 Å². The molecule has 1 saturated heterocycles. The summed E-state index contributed by atoms with van der Waals surface area (Å²) in [6.45, 7) is 4.07. The lowest BCUT2D eigenvalue weighted by atomic mass is 9.94. The van der Waals surface area contributed by atoms with Crippen LogP contribution in [-0.4, -0.2) is 61.1 Å². The van der Waals surface area contributed by atoms with Gasteiger partial charge in [0.25, 0.3) is 10.0 Å². The van der Waals surface area contributed by atoms with Crippen LogP contribution in [0.5, 0.6) is 0 Å². The third kappa shape index (κ3) is 6.70. The van der Waals surface area contributed by atoms with Crippen molar-refractivity contribution in [3.05, 3.63) is 120 Å². The van der Waals surface area contributed by atoms with Crippen molar-refractivity contribution in [2.45, 2.75) is 23.2 Å². The lowest BCUT2D eigenvalue weighted by molar-refractivity contribution is 0.313. The second-order valence-corrected chi connectivity index (χ2v) is 13.6. The summed E-state index contributed by atoms with van der Waals surface area (Å²) in [6.07, 6.45) is 5.72. The molecular weight excluding hydrogens is 584 g/mol. The van der Waals surface area contributed by atoms with E-state index in [0.717, 1.165) is 59.3 Å². The zero-order valence-electron chi connectivity index (χ0n) is 23.8. The van der Waals surface area contributed by atoms with Crippen LogP contribution in [0.4, 0.5) is 9.52 Å². The zero-order chi connectivity index (χ0) is 29.8. The highest BCUT2D eigenvalue weighted by Gasteiger charge is 2.28. The number of halogens is 1. The quantitative estimate of drug-likeness (QED) is 0.232. The highest BCUT2D eigenvalue weighted by atomic mass is 32.2. The number of likely N-dealkylation sites (N-methyl/N-ethyl adjacent to an activating group) is 1. The summed E-state index contributed by atoms with van der Waals surface area (Å²) in [7, 11) is -1.83. The minimum atomic E-state index is -3.91. The molecule has 1 unspecified atom stereocenters. The molecule has 1 atom stereocenters. The zero-order valence-corrected chi connectivity index (χ0v) is 25.4. The van der Waals surface area contributed by atoms with Crippen LogP contribution in [0, 0.1) is 5.82 Å². The molecule has 1 aliphatic rings. The van der Waals surface area contributed by atoms with E-state index >= 15 is 0 Å². The minimum absolute atomic E-state index is 0.184.